The van der Waals surface area contributed by atoms with Crippen molar-refractivity contribution in [2.45, 2.75) is 46.6 Å². The molecule has 0 unspecified atom stereocenters. The predicted octanol–water partition coefficient (Wildman–Crippen LogP) is 3.92. The van der Waals surface area contributed by atoms with Crippen molar-refractivity contribution >= 4 is 11.3 Å². The van der Waals surface area contributed by atoms with Crippen LogP contribution in [-0.4, -0.2) is 16.7 Å². The first-order valence-electron chi connectivity index (χ1n) is 7.16. The highest BCUT2D eigenvalue weighted by atomic mass is 32.1. The molecule has 21 heavy (non-hydrogen) atoms. The minimum atomic E-state index is -0.825. The molecule has 114 valence electrons. The molecule has 0 bridgehead atoms. The zero-order chi connectivity index (χ0) is 15.6. The summed E-state index contributed by atoms with van der Waals surface area (Å²) in [4.78, 5) is 5.46. The van der Waals surface area contributed by atoms with Crippen molar-refractivity contribution < 1.29 is 9.84 Å². The molecule has 1 heterocycles. The normalized spacial score (nSPS) is 11.7. The van der Waals surface area contributed by atoms with Gasteiger partial charge in [0, 0.05) is 6.42 Å². The topological polar surface area (TPSA) is 42.4 Å². The summed E-state index contributed by atoms with van der Waals surface area (Å²) < 4.78 is 5.83. The number of ether oxygens (including phenoxy) is 1. The number of hydrogen-bond donors (Lipinski definition) is 1. The summed E-state index contributed by atoms with van der Waals surface area (Å²) in [7, 11) is 0. The smallest absolute Gasteiger partial charge is 0.122 e. The van der Waals surface area contributed by atoms with Gasteiger partial charge in [0.15, 0.2) is 0 Å². The van der Waals surface area contributed by atoms with E-state index in [0.717, 1.165) is 33.3 Å². The van der Waals surface area contributed by atoms with E-state index in [0.29, 0.717) is 6.61 Å². The maximum atomic E-state index is 10.1. The van der Waals surface area contributed by atoms with Crippen molar-refractivity contribution in [2.24, 2.45) is 0 Å². The largest absolute Gasteiger partial charge is 0.493 e. The first-order chi connectivity index (χ1) is 9.77. The highest BCUT2D eigenvalue weighted by molar-refractivity contribution is 7.11. The lowest BCUT2D eigenvalue weighted by atomic mass is 10.1. The second-order valence-electron chi connectivity index (χ2n) is 5.95. The van der Waals surface area contributed by atoms with Crippen LogP contribution < -0.4 is 4.74 Å². The number of thiazole rings is 1. The van der Waals surface area contributed by atoms with Crippen LogP contribution in [0.2, 0.25) is 0 Å². The molecule has 2 rings (SSSR count). The highest BCUT2D eigenvalue weighted by Gasteiger charge is 2.22. The molecular weight excluding hydrogens is 282 g/mol. The van der Waals surface area contributed by atoms with E-state index in [1.165, 1.54) is 5.56 Å². The standard InChI is InChI=1S/C17H23NO2S/c1-11-6-7-14(12(2)10-11)20-9-8-15-18-13(3)16(21-15)17(4,5)19/h6-7,10,19H,8-9H2,1-5H3. The van der Waals surface area contributed by atoms with Crippen molar-refractivity contribution in [3.63, 3.8) is 0 Å². The number of rotatable bonds is 5. The summed E-state index contributed by atoms with van der Waals surface area (Å²) in [5.41, 5.74) is 2.48. The third kappa shape index (κ3) is 4.05. The molecule has 0 radical (unpaired) electrons. The zero-order valence-corrected chi connectivity index (χ0v) is 14.2. The van der Waals surface area contributed by atoms with Crippen molar-refractivity contribution in [3.8, 4) is 5.75 Å². The number of aryl methyl sites for hydroxylation is 3. The Hall–Kier alpha value is -1.39. The van der Waals surface area contributed by atoms with Crippen LogP contribution in [0.25, 0.3) is 0 Å². The molecule has 0 aliphatic carbocycles. The molecule has 1 N–H and O–H groups in total. The first kappa shape index (κ1) is 16.0. The quantitative estimate of drug-likeness (QED) is 0.910. The van der Waals surface area contributed by atoms with Crippen LogP contribution in [0.3, 0.4) is 0 Å². The molecule has 1 aromatic carbocycles. The van der Waals surface area contributed by atoms with E-state index in [1.807, 2.05) is 13.0 Å². The van der Waals surface area contributed by atoms with Crippen molar-refractivity contribution in [1.29, 1.82) is 0 Å². The van der Waals surface area contributed by atoms with Gasteiger partial charge in [-0.1, -0.05) is 17.7 Å². The van der Waals surface area contributed by atoms with Crippen LogP contribution in [0.15, 0.2) is 18.2 Å². The molecule has 1 aromatic heterocycles. The number of aliphatic hydroxyl groups is 1. The fourth-order valence-corrected chi connectivity index (χ4v) is 3.38. The third-order valence-electron chi connectivity index (χ3n) is 3.30. The minimum absolute atomic E-state index is 0.599. The Morgan fingerprint density at radius 3 is 2.52 bits per heavy atom. The van der Waals surface area contributed by atoms with E-state index >= 15 is 0 Å². The Morgan fingerprint density at radius 1 is 1.24 bits per heavy atom. The lowest BCUT2D eigenvalue weighted by Gasteiger charge is -2.15. The van der Waals surface area contributed by atoms with Crippen molar-refractivity contribution in [3.05, 3.63) is 44.9 Å². The highest BCUT2D eigenvalue weighted by Crippen LogP contribution is 2.29. The molecule has 4 heteroatoms. The second kappa shape index (κ2) is 6.16. The second-order valence-corrected chi connectivity index (χ2v) is 7.03. The molecule has 2 aromatic rings. The summed E-state index contributed by atoms with van der Waals surface area (Å²) >= 11 is 1.57. The Kier molecular flexibility index (Phi) is 4.69. The van der Waals surface area contributed by atoms with Gasteiger partial charge in [-0.05, 0) is 46.2 Å². The van der Waals surface area contributed by atoms with Gasteiger partial charge in [-0.3, -0.25) is 0 Å². The number of aromatic nitrogens is 1. The van der Waals surface area contributed by atoms with Crippen LogP contribution in [0.5, 0.6) is 5.75 Å². The Morgan fingerprint density at radius 2 is 1.95 bits per heavy atom. The van der Waals surface area contributed by atoms with Crippen LogP contribution >= 0.6 is 11.3 Å². The van der Waals surface area contributed by atoms with Gasteiger partial charge in [-0.15, -0.1) is 11.3 Å². The van der Waals surface area contributed by atoms with E-state index in [2.05, 4.69) is 31.0 Å². The molecule has 0 aliphatic heterocycles. The maximum absolute atomic E-state index is 10.1. The molecule has 3 nitrogen and oxygen atoms in total. The molecule has 0 atom stereocenters. The number of hydrogen-bond acceptors (Lipinski definition) is 4. The van der Waals surface area contributed by atoms with Gasteiger partial charge in [0.1, 0.15) is 5.75 Å². The van der Waals surface area contributed by atoms with Gasteiger partial charge in [-0.25, -0.2) is 4.98 Å². The maximum Gasteiger partial charge on any atom is 0.122 e. The average molecular weight is 305 g/mol. The van der Waals surface area contributed by atoms with E-state index in [4.69, 9.17) is 4.74 Å². The van der Waals surface area contributed by atoms with Gasteiger partial charge in [0.2, 0.25) is 0 Å². The molecular formula is C17H23NO2S. The average Bonchev–Trinajstić information content (AvgIpc) is 2.73. The lowest BCUT2D eigenvalue weighted by Crippen LogP contribution is -2.14. The van der Waals surface area contributed by atoms with E-state index < -0.39 is 5.60 Å². The summed E-state index contributed by atoms with van der Waals surface area (Å²) in [5.74, 6) is 0.927. The van der Waals surface area contributed by atoms with E-state index in [-0.39, 0.29) is 0 Å². The van der Waals surface area contributed by atoms with E-state index in [9.17, 15) is 5.11 Å². The third-order valence-corrected chi connectivity index (χ3v) is 4.83. The van der Waals surface area contributed by atoms with Gasteiger partial charge in [-0.2, -0.15) is 0 Å². The zero-order valence-electron chi connectivity index (χ0n) is 13.4. The van der Waals surface area contributed by atoms with Gasteiger partial charge in [0.05, 0.1) is 27.8 Å². The fourth-order valence-electron chi connectivity index (χ4n) is 2.34. The first-order valence-corrected chi connectivity index (χ1v) is 7.98. The monoisotopic (exact) mass is 305 g/mol. The molecule has 0 fully saturated rings. The minimum Gasteiger partial charge on any atom is -0.493 e. The van der Waals surface area contributed by atoms with Gasteiger partial charge in [0.25, 0.3) is 0 Å². The van der Waals surface area contributed by atoms with Crippen molar-refractivity contribution in [2.75, 3.05) is 6.61 Å². The Labute approximate surface area is 130 Å². The van der Waals surface area contributed by atoms with Gasteiger partial charge >= 0.3 is 0 Å². The Bertz CT molecular complexity index is 626. The van der Waals surface area contributed by atoms with Crippen LogP contribution in [-0.2, 0) is 12.0 Å². The number of benzene rings is 1. The summed E-state index contributed by atoms with van der Waals surface area (Å²) in [6.07, 6.45) is 0.759. The molecule has 0 amide bonds. The summed E-state index contributed by atoms with van der Waals surface area (Å²) in [6, 6.07) is 6.19. The SMILES string of the molecule is Cc1ccc(OCCc2nc(C)c(C(C)(C)O)s2)c(C)c1. The van der Waals surface area contributed by atoms with Crippen LogP contribution in [0.1, 0.15) is 40.6 Å². The summed E-state index contributed by atoms with van der Waals surface area (Å²) in [5, 5.41) is 11.1. The lowest BCUT2D eigenvalue weighted by molar-refractivity contribution is 0.0817. The van der Waals surface area contributed by atoms with E-state index in [1.54, 1.807) is 25.2 Å². The number of nitrogens with zero attached hydrogens (tertiary/aromatic N) is 1. The predicted molar refractivity (Wildman–Crippen MR) is 87.2 cm³/mol. The Balaban J connectivity index is 1.98. The van der Waals surface area contributed by atoms with Crippen LogP contribution in [0, 0.1) is 20.8 Å². The van der Waals surface area contributed by atoms with Crippen molar-refractivity contribution in [1.82, 2.24) is 4.98 Å². The molecule has 0 saturated heterocycles. The fraction of sp³-hybridized carbons (Fsp3) is 0.471. The van der Waals surface area contributed by atoms with Crippen LogP contribution in [0.4, 0.5) is 0 Å². The molecule has 0 aliphatic rings. The molecule has 0 saturated carbocycles. The van der Waals surface area contributed by atoms with Gasteiger partial charge < -0.3 is 9.84 Å². The summed E-state index contributed by atoms with van der Waals surface area (Å²) in [6.45, 7) is 10.3. The molecule has 0 spiro atoms.